The average Bonchev–Trinajstić information content (AvgIpc) is 2.95. The van der Waals surface area contributed by atoms with E-state index < -0.39 is 5.54 Å². The van der Waals surface area contributed by atoms with Gasteiger partial charge in [0.1, 0.15) is 11.9 Å². The highest BCUT2D eigenvalue weighted by atomic mass is 16.2. The van der Waals surface area contributed by atoms with Gasteiger partial charge in [0.15, 0.2) is 0 Å². The van der Waals surface area contributed by atoms with Gasteiger partial charge in [0, 0.05) is 25.5 Å². The van der Waals surface area contributed by atoms with E-state index >= 15 is 0 Å². The minimum absolute atomic E-state index is 0.0723. The van der Waals surface area contributed by atoms with Crippen LogP contribution < -0.4 is 16.0 Å². The molecule has 0 aliphatic carbocycles. The number of hydrogen-bond donors (Lipinski definition) is 2. The van der Waals surface area contributed by atoms with Gasteiger partial charge in [0.25, 0.3) is 0 Å². The van der Waals surface area contributed by atoms with Crippen molar-refractivity contribution < 1.29 is 4.79 Å². The summed E-state index contributed by atoms with van der Waals surface area (Å²) in [6, 6.07) is 0. The summed E-state index contributed by atoms with van der Waals surface area (Å²) < 4.78 is 1.64. The Hall–Kier alpha value is -2.71. The van der Waals surface area contributed by atoms with Crippen LogP contribution in [0.2, 0.25) is 0 Å². The number of aromatic nitrogens is 5. The van der Waals surface area contributed by atoms with Gasteiger partial charge in [-0.2, -0.15) is 15.0 Å². The van der Waals surface area contributed by atoms with E-state index in [-0.39, 0.29) is 11.9 Å². The van der Waals surface area contributed by atoms with Crippen molar-refractivity contribution in [1.82, 2.24) is 29.8 Å². The molecule has 0 aromatic carbocycles. The molecule has 9 heteroatoms. The number of hydrogen-bond acceptors (Lipinski definition) is 7. The van der Waals surface area contributed by atoms with Crippen LogP contribution in [-0.2, 0) is 4.79 Å². The fourth-order valence-corrected chi connectivity index (χ4v) is 2.23. The lowest BCUT2D eigenvalue weighted by Gasteiger charge is -2.41. The highest BCUT2D eigenvalue weighted by Crippen LogP contribution is 2.23. The van der Waals surface area contributed by atoms with Crippen LogP contribution >= 0.6 is 0 Å². The molecule has 3 rings (SSSR count). The molecule has 1 saturated heterocycles. The molecule has 0 bridgehead atoms. The Kier molecular flexibility index (Phi) is 2.96. The molecular weight excluding hydrogens is 272 g/mol. The van der Waals surface area contributed by atoms with Crippen LogP contribution in [0.15, 0.2) is 18.7 Å². The summed E-state index contributed by atoms with van der Waals surface area (Å²) in [7, 11) is 0. The molecule has 1 fully saturated rings. The van der Waals surface area contributed by atoms with Crippen LogP contribution in [0, 0.1) is 0 Å². The summed E-state index contributed by atoms with van der Waals surface area (Å²) in [5.74, 6) is 0.783. The molecule has 2 aromatic heterocycles. The SMILES string of the molecule is CC1(C)C(=O)NCCN1c1nc(N)nc(-n2ccnc2)n1. The number of anilines is 2. The number of carbonyl (C=O) groups is 1. The predicted molar refractivity (Wildman–Crippen MR) is 75.8 cm³/mol. The fourth-order valence-electron chi connectivity index (χ4n) is 2.23. The zero-order valence-corrected chi connectivity index (χ0v) is 11.8. The second-order valence-corrected chi connectivity index (χ2v) is 5.23. The normalized spacial score (nSPS) is 17.6. The van der Waals surface area contributed by atoms with Gasteiger partial charge in [-0.15, -0.1) is 0 Å². The monoisotopic (exact) mass is 288 g/mol. The molecule has 0 radical (unpaired) electrons. The van der Waals surface area contributed by atoms with Crippen molar-refractivity contribution in [1.29, 1.82) is 0 Å². The first-order chi connectivity index (χ1) is 9.98. The Balaban J connectivity index is 2.04. The number of rotatable bonds is 2. The molecule has 0 saturated carbocycles. The van der Waals surface area contributed by atoms with E-state index in [2.05, 4.69) is 25.3 Å². The molecule has 9 nitrogen and oxygen atoms in total. The maximum atomic E-state index is 12.0. The van der Waals surface area contributed by atoms with Gasteiger partial charge in [0.2, 0.25) is 23.8 Å². The van der Waals surface area contributed by atoms with Crippen molar-refractivity contribution in [3.63, 3.8) is 0 Å². The molecule has 1 amide bonds. The molecule has 1 aliphatic rings. The second-order valence-electron chi connectivity index (χ2n) is 5.23. The highest BCUT2D eigenvalue weighted by molar-refractivity contribution is 5.89. The van der Waals surface area contributed by atoms with E-state index in [1.165, 1.54) is 0 Å². The van der Waals surface area contributed by atoms with Crippen LogP contribution in [-0.4, -0.2) is 49.0 Å². The number of nitrogen functional groups attached to an aromatic ring is 1. The molecule has 3 N–H and O–H groups in total. The third-order valence-electron chi connectivity index (χ3n) is 3.46. The number of imidazole rings is 1. The first-order valence-corrected chi connectivity index (χ1v) is 6.54. The predicted octanol–water partition coefficient (Wildman–Crippen LogP) is -0.646. The van der Waals surface area contributed by atoms with Crippen molar-refractivity contribution in [2.75, 3.05) is 23.7 Å². The molecular formula is C12H16N8O. The first-order valence-electron chi connectivity index (χ1n) is 6.54. The summed E-state index contributed by atoms with van der Waals surface area (Å²) in [5, 5.41) is 2.83. The Morgan fingerprint density at radius 3 is 2.76 bits per heavy atom. The number of nitrogens with one attached hydrogen (secondary N) is 1. The molecule has 0 spiro atoms. The average molecular weight is 288 g/mol. The first kappa shape index (κ1) is 13.3. The van der Waals surface area contributed by atoms with Crippen molar-refractivity contribution >= 4 is 17.8 Å². The summed E-state index contributed by atoms with van der Waals surface area (Å²) in [6.45, 7) is 4.77. The Morgan fingerprint density at radius 1 is 1.29 bits per heavy atom. The zero-order valence-electron chi connectivity index (χ0n) is 11.8. The Morgan fingerprint density at radius 2 is 2.05 bits per heavy atom. The summed E-state index contributed by atoms with van der Waals surface area (Å²) in [5.41, 5.74) is 5.02. The van der Waals surface area contributed by atoms with Gasteiger partial charge in [-0.05, 0) is 13.8 Å². The number of carbonyl (C=O) groups excluding carboxylic acids is 1. The zero-order chi connectivity index (χ0) is 15.0. The van der Waals surface area contributed by atoms with Crippen LogP contribution in [0.1, 0.15) is 13.8 Å². The highest BCUT2D eigenvalue weighted by Gasteiger charge is 2.39. The van der Waals surface area contributed by atoms with Gasteiger partial charge < -0.3 is 16.0 Å². The number of piperazine rings is 1. The van der Waals surface area contributed by atoms with Gasteiger partial charge >= 0.3 is 0 Å². The minimum atomic E-state index is -0.752. The van der Waals surface area contributed by atoms with Crippen molar-refractivity contribution in [2.24, 2.45) is 0 Å². The fraction of sp³-hybridized carbons (Fsp3) is 0.417. The molecule has 1 aliphatic heterocycles. The largest absolute Gasteiger partial charge is 0.368 e. The second kappa shape index (κ2) is 4.69. The number of amides is 1. The molecule has 0 unspecified atom stereocenters. The van der Waals surface area contributed by atoms with Gasteiger partial charge in [-0.1, -0.05) is 0 Å². The lowest BCUT2D eigenvalue weighted by molar-refractivity contribution is -0.126. The maximum Gasteiger partial charge on any atom is 0.245 e. The van der Waals surface area contributed by atoms with E-state index in [1.54, 1.807) is 23.3 Å². The lowest BCUT2D eigenvalue weighted by atomic mass is 10.00. The summed E-state index contributed by atoms with van der Waals surface area (Å²) >= 11 is 0. The van der Waals surface area contributed by atoms with Gasteiger partial charge in [0.05, 0.1) is 0 Å². The van der Waals surface area contributed by atoms with E-state index in [1.807, 2.05) is 18.7 Å². The lowest BCUT2D eigenvalue weighted by Crippen LogP contribution is -2.62. The third kappa shape index (κ3) is 2.26. The molecule has 0 atom stereocenters. The van der Waals surface area contributed by atoms with Gasteiger partial charge in [-0.3, -0.25) is 9.36 Å². The molecule has 21 heavy (non-hydrogen) atoms. The maximum absolute atomic E-state index is 12.0. The summed E-state index contributed by atoms with van der Waals surface area (Å²) in [6.07, 6.45) is 4.91. The van der Waals surface area contributed by atoms with E-state index in [0.717, 1.165) is 0 Å². The van der Waals surface area contributed by atoms with Crippen LogP contribution in [0.4, 0.5) is 11.9 Å². The van der Waals surface area contributed by atoms with Crippen LogP contribution in [0.5, 0.6) is 0 Å². The third-order valence-corrected chi connectivity index (χ3v) is 3.46. The number of nitrogens with two attached hydrogens (primary N) is 1. The van der Waals surface area contributed by atoms with E-state index in [0.29, 0.717) is 25.0 Å². The molecule has 2 aromatic rings. The Labute approximate surface area is 121 Å². The molecule has 3 heterocycles. The van der Waals surface area contributed by atoms with Crippen LogP contribution in [0.3, 0.4) is 0 Å². The minimum Gasteiger partial charge on any atom is -0.368 e. The standard InChI is InChI=1S/C12H16N8O/c1-12(2)8(21)15-4-6-20(12)11-17-9(13)16-10(18-11)19-5-3-14-7-19/h3,5,7H,4,6H2,1-2H3,(H,15,21)(H2,13,16,17,18). The topological polar surface area (TPSA) is 115 Å². The number of nitrogens with zero attached hydrogens (tertiary/aromatic N) is 6. The quantitative estimate of drug-likeness (QED) is 0.754. The van der Waals surface area contributed by atoms with E-state index in [4.69, 9.17) is 5.73 Å². The van der Waals surface area contributed by atoms with Crippen molar-refractivity contribution in [3.05, 3.63) is 18.7 Å². The van der Waals surface area contributed by atoms with Crippen molar-refractivity contribution in [2.45, 2.75) is 19.4 Å². The van der Waals surface area contributed by atoms with Crippen LogP contribution in [0.25, 0.3) is 5.95 Å². The van der Waals surface area contributed by atoms with Crippen molar-refractivity contribution in [3.8, 4) is 5.95 Å². The molecule has 110 valence electrons. The smallest absolute Gasteiger partial charge is 0.245 e. The van der Waals surface area contributed by atoms with E-state index in [9.17, 15) is 4.79 Å². The summed E-state index contributed by atoms with van der Waals surface area (Å²) in [4.78, 5) is 30.5. The Bertz CT molecular complexity index is 666. The van der Waals surface area contributed by atoms with Gasteiger partial charge in [-0.25, -0.2) is 4.98 Å².